The topological polar surface area (TPSA) is 114 Å². The van der Waals surface area contributed by atoms with Crippen molar-refractivity contribution in [2.75, 3.05) is 11.9 Å². The fourth-order valence-corrected chi connectivity index (χ4v) is 2.28. The number of hydrogen-bond donors (Lipinski definition) is 3. The number of esters is 1. The van der Waals surface area contributed by atoms with Crippen LogP contribution in [-0.4, -0.2) is 30.3 Å². The highest BCUT2D eigenvalue weighted by Gasteiger charge is 2.12. The van der Waals surface area contributed by atoms with Crippen molar-refractivity contribution in [2.24, 2.45) is 0 Å². The van der Waals surface area contributed by atoms with Crippen LogP contribution in [-0.2, 0) is 19.1 Å². The molecular formula is C19H18BrN3O5. The molecule has 2 rings (SSSR count). The van der Waals surface area contributed by atoms with Crippen molar-refractivity contribution < 1.29 is 23.9 Å². The quantitative estimate of drug-likeness (QED) is 0.444. The third kappa shape index (κ3) is 7.58. The molecule has 146 valence electrons. The van der Waals surface area contributed by atoms with Gasteiger partial charge >= 0.3 is 5.97 Å². The zero-order chi connectivity index (χ0) is 20.4. The zero-order valence-corrected chi connectivity index (χ0v) is 16.3. The fraction of sp³-hybridized carbons (Fsp3) is 0.158. The van der Waals surface area contributed by atoms with Gasteiger partial charge in [0, 0.05) is 22.1 Å². The number of hydrazine groups is 1. The summed E-state index contributed by atoms with van der Waals surface area (Å²) >= 11 is 3.28. The normalized spacial score (nSPS) is 9.89. The molecule has 9 heteroatoms. The lowest BCUT2D eigenvalue weighted by Crippen LogP contribution is -2.41. The standard InChI is InChI=1S/C19H18BrN3O5/c20-14-6-8-15(9-7-14)21-17(25)12-28-18(26)11-10-16(24)22-23-19(27)13-4-2-1-3-5-13/h1-9H,10-12H2,(H,21,25)(H,22,24)(H,23,27). The van der Waals surface area contributed by atoms with E-state index in [2.05, 4.69) is 32.1 Å². The number of nitrogens with one attached hydrogen (secondary N) is 3. The second-order valence-electron chi connectivity index (χ2n) is 5.58. The van der Waals surface area contributed by atoms with Crippen LogP contribution in [0.2, 0.25) is 0 Å². The summed E-state index contributed by atoms with van der Waals surface area (Å²) in [5, 5.41) is 2.57. The van der Waals surface area contributed by atoms with Crippen LogP contribution in [0, 0.1) is 0 Å². The Kier molecular flexibility index (Phi) is 8.16. The average molecular weight is 448 g/mol. The molecule has 2 aromatic rings. The molecule has 0 saturated carbocycles. The molecule has 0 aliphatic rings. The molecule has 0 unspecified atom stereocenters. The Bertz CT molecular complexity index is 840. The van der Waals surface area contributed by atoms with E-state index >= 15 is 0 Å². The van der Waals surface area contributed by atoms with Crippen molar-refractivity contribution in [1.29, 1.82) is 0 Å². The summed E-state index contributed by atoms with van der Waals surface area (Å²) in [4.78, 5) is 46.8. The van der Waals surface area contributed by atoms with Gasteiger partial charge in [-0.2, -0.15) is 0 Å². The van der Waals surface area contributed by atoms with E-state index in [-0.39, 0.29) is 12.8 Å². The maximum absolute atomic E-state index is 11.8. The molecule has 3 N–H and O–H groups in total. The molecule has 0 spiro atoms. The highest BCUT2D eigenvalue weighted by molar-refractivity contribution is 9.10. The zero-order valence-electron chi connectivity index (χ0n) is 14.7. The molecule has 0 aliphatic heterocycles. The van der Waals surface area contributed by atoms with Gasteiger partial charge in [0.15, 0.2) is 6.61 Å². The van der Waals surface area contributed by atoms with Gasteiger partial charge in [-0.1, -0.05) is 34.1 Å². The van der Waals surface area contributed by atoms with Gasteiger partial charge in [0.25, 0.3) is 11.8 Å². The van der Waals surface area contributed by atoms with Gasteiger partial charge in [0.05, 0.1) is 6.42 Å². The predicted molar refractivity (Wildman–Crippen MR) is 105 cm³/mol. The van der Waals surface area contributed by atoms with Crippen LogP contribution in [0.25, 0.3) is 0 Å². The number of ether oxygens (including phenoxy) is 1. The first kappa shape index (κ1) is 21.1. The van der Waals surface area contributed by atoms with E-state index in [0.717, 1.165) is 4.47 Å². The number of benzene rings is 2. The van der Waals surface area contributed by atoms with E-state index in [4.69, 9.17) is 4.74 Å². The van der Waals surface area contributed by atoms with E-state index in [1.165, 1.54) is 0 Å². The van der Waals surface area contributed by atoms with E-state index in [0.29, 0.717) is 11.3 Å². The first-order chi connectivity index (χ1) is 13.4. The fourth-order valence-electron chi connectivity index (χ4n) is 2.01. The van der Waals surface area contributed by atoms with Crippen molar-refractivity contribution in [3.8, 4) is 0 Å². The van der Waals surface area contributed by atoms with Crippen LogP contribution < -0.4 is 16.2 Å². The van der Waals surface area contributed by atoms with Crippen molar-refractivity contribution in [2.45, 2.75) is 12.8 Å². The Morgan fingerprint density at radius 3 is 2.18 bits per heavy atom. The molecule has 0 bridgehead atoms. The maximum atomic E-state index is 11.8. The minimum Gasteiger partial charge on any atom is -0.456 e. The van der Waals surface area contributed by atoms with Crippen LogP contribution in [0.3, 0.4) is 0 Å². The van der Waals surface area contributed by atoms with Gasteiger partial charge in [-0.05, 0) is 36.4 Å². The van der Waals surface area contributed by atoms with E-state index in [9.17, 15) is 19.2 Å². The van der Waals surface area contributed by atoms with E-state index < -0.39 is 30.3 Å². The highest BCUT2D eigenvalue weighted by atomic mass is 79.9. The summed E-state index contributed by atoms with van der Waals surface area (Å²) in [6.07, 6.45) is -0.416. The molecule has 0 aromatic heterocycles. The summed E-state index contributed by atoms with van der Waals surface area (Å²) in [6.45, 7) is -0.457. The Labute approximate surface area is 169 Å². The Balaban J connectivity index is 1.62. The molecule has 2 aromatic carbocycles. The predicted octanol–water partition coefficient (Wildman–Crippen LogP) is 2.17. The third-order valence-corrected chi connectivity index (χ3v) is 3.93. The minimum atomic E-state index is -0.699. The summed E-state index contributed by atoms with van der Waals surface area (Å²) in [5.41, 5.74) is 5.41. The van der Waals surface area contributed by atoms with Gasteiger partial charge in [-0.25, -0.2) is 0 Å². The Morgan fingerprint density at radius 2 is 1.50 bits per heavy atom. The number of halogens is 1. The highest BCUT2D eigenvalue weighted by Crippen LogP contribution is 2.13. The largest absolute Gasteiger partial charge is 0.456 e. The smallest absolute Gasteiger partial charge is 0.306 e. The van der Waals surface area contributed by atoms with Crippen molar-refractivity contribution in [1.82, 2.24) is 10.9 Å². The van der Waals surface area contributed by atoms with Gasteiger partial charge in [0.1, 0.15) is 0 Å². The van der Waals surface area contributed by atoms with Crippen molar-refractivity contribution in [3.63, 3.8) is 0 Å². The molecule has 8 nitrogen and oxygen atoms in total. The first-order valence-corrected chi connectivity index (χ1v) is 9.08. The number of hydrogen-bond acceptors (Lipinski definition) is 5. The molecule has 0 radical (unpaired) electrons. The first-order valence-electron chi connectivity index (χ1n) is 8.29. The molecule has 0 fully saturated rings. The number of carbonyl (C=O) groups excluding carboxylic acids is 4. The molecule has 0 heterocycles. The van der Waals surface area contributed by atoms with Gasteiger partial charge in [0.2, 0.25) is 5.91 Å². The molecule has 28 heavy (non-hydrogen) atoms. The van der Waals surface area contributed by atoms with E-state index in [1.54, 1.807) is 54.6 Å². The van der Waals surface area contributed by atoms with Crippen LogP contribution in [0.5, 0.6) is 0 Å². The van der Waals surface area contributed by atoms with Crippen LogP contribution in [0.4, 0.5) is 5.69 Å². The lowest BCUT2D eigenvalue weighted by Gasteiger charge is -2.08. The summed E-state index contributed by atoms with van der Waals surface area (Å²) in [7, 11) is 0. The molecule has 0 atom stereocenters. The SMILES string of the molecule is O=C(CCC(=O)OCC(=O)Nc1ccc(Br)cc1)NNC(=O)c1ccccc1. The summed E-state index contributed by atoms with van der Waals surface area (Å²) in [5.74, 6) is -2.22. The third-order valence-electron chi connectivity index (χ3n) is 3.40. The number of carbonyl (C=O) groups is 4. The second-order valence-corrected chi connectivity index (χ2v) is 6.50. The summed E-state index contributed by atoms with van der Waals surface area (Å²) in [6, 6.07) is 15.2. The average Bonchev–Trinajstić information content (AvgIpc) is 2.71. The molecule has 0 aliphatic carbocycles. The van der Waals surface area contributed by atoms with Crippen molar-refractivity contribution >= 4 is 45.3 Å². The number of anilines is 1. The van der Waals surface area contributed by atoms with Crippen molar-refractivity contribution in [3.05, 3.63) is 64.6 Å². The van der Waals surface area contributed by atoms with E-state index in [1.807, 2.05) is 0 Å². The Morgan fingerprint density at radius 1 is 0.821 bits per heavy atom. The number of rotatable bonds is 7. The lowest BCUT2D eigenvalue weighted by molar-refractivity contribution is -0.148. The van der Waals surface area contributed by atoms with Gasteiger partial charge in [-0.15, -0.1) is 0 Å². The number of amides is 3. The summed E-state index contributed by atoms with van der Waals surface area (Å²) < 4.78 is 5.69. The van der Waals surface area contributed by atoms with Gasteiger partial charge < -0.3 is 10.1 Å². The minimum absolute atomic E-state index is 0.192. The van der Waals surface area contributed by atoms with Gasteiger partial charge in [-0.3, -0.25) is 30.0 Å². The van der Waals surface area contributed by atoms with Crippen LogP contribution >= 0.6 is 15.9 Å². The molecular weight excluding hydrogens is 430 g/mol. The molecule has 3 amide bonds. The monoisotopic (exact) mass is 447 g/mol. The van der Waals surface area contributed by atoms with Crippen LogP contribution in [0.1, 0.15) is 23.2 Å². The molecule has 0 saturated heterocycles. The Hall–Kier alpha value is -3.20. The van der Waals surface area contributed by atoms with Crippen LogP contribution in [0.15, 0.2) is 59.1 Å². The lowest BCUT2D eigenvalue weighted by atomic mass is 10.2. The maximum Gasteiger partial charge on any atom is 0.306 e. The second kappa shape index (κ2) is 10.8.